The number of amides is 1. The summed E-state index contributed by atoms with van der Waals surface area (Å²) in [4.78, 5) is 27.7. The molecule has 0 aromatic heterocycles. The number of benzene rings is 3. The summed E-state index contributed by atoms with van der Waals surface area (Å²) in [6.07, 6.45) is 0. The first-order valence-electron chi connectivity index (χ1n) is 10.1. The summed E-state index contributed by atoms with van der Waals surface area (Å²) in [5.74, 6) is -1.70. The topological polar surface area (TPSA) is 66.8 Å². The highest BCUT2D eigenvalue weighted by atomic mass is 19.1. The third-order valence-electron chi connectivity index (χ3n) is 5.48. The van der Waals surface area contributed by atoms with Crippen LogP contribution in [0.2, 0.25) is 0 Å². The standard InChI is InChI=1S/C26H22FNO4/c1-15-12-16(2)14-20(13-15)28-23(17-4-8-19(27)9-5-17)22(25(30)26(28)31)24(29)18-6-10-21(32-3)11-7-18/h4-14,23,29H,1-3H3/b24-22+. The second-order valence-electron chi connectivity index (χ2n) is 7.80. The molecule has 3 aromatic carbocycles. The SMILES string of the molecule is COc1ccc(/C(O)=C2\C(=O)C(=O)N(c3cc(C)cc(C)c3)C2c2ccc(F)cc2)cc1. The number of carbonyl (C=O) groups is 2. The van der Waals surface area contributed by atoms with Gasteiger partial charge in [-0.05, 0) is 79.1 Å². The van der Waals surface area contributed by atoms with Gasteiger partial charge in [0.1, 0.15) is 17.3 Å². The molecule has 3 aromatic rings. The molecule has 1 atom stereocenters. The molecule has 0 bridgehead atoms. The molecule has 162 valence electrons. The summed E-state index contributed by atoms with van der Waals surface area (Å²) < 4.78 is 18.8. The van der Waals surface area contributed by atoms with E-state index in [2.05, 4.69) is 0 Å². The van der Waals surface area contributed by atoms with Gasteiger partial charge in [0.25, 0.3) is 11.7 Å². The summed E-state index contributed by atoms with van der Waals surface area (Å²) >= 11 is 0. The molecule has 1 fully saturated rings. The van der Waals surface area contributed by atoms with Crippen LogP contribution in [0.5, 0.6) is 5.75 Å². The molecule has 0 aliphatic carbocycles. The maximum Gasteiger partial charge on any atom is 0.300 e. The van der Waals surface area contributed by atoms with Crippen LogP contribution in [-0.4, -0.2) is 23.9 Å². The zero-order valence-electron chi connectivity index (χ0n) is 17.9. The minimum Gasteiger partial charge on any atom is -0.507 e. The van der Waals surface area contributed by atoms with E-state index in [0.717, 1.165) is 11.1 Å². The van der Waals surface area contributed by atoms with E-state index < -0.39 is 23.5 Å². The average Bonchev–Trinajstić information content (AvgIpc) is 3.04. The highest BCUT2D eigenvalue weighted by molar-refractivity contribution is 6.51. The molecule has 1 heterocycles. The zero-order valence-corrected chi connectivity index (χ0v) is 17.9. The summed E-state index contributed by atoms with van der Waals surface area (Å²) in [6, 6.07) is 16.8. The molecular weight excluding hydrogens is 409 g/mol. The number of ether oxygens (including phenoxy) is 1. The first-order chi connectivity index (χ1) is 15.3. The van der Waals surface area contributed by atoms with E-state index >= 15 is 0 Å². The van der Waals surface area contributed by atoms with Crippen molar-refractivity contribution in [3.63, 3.8) is 0 Å². The third-order valence-corrected chi connectivity index (χ3v) is 5.48. The maximum absolute atomic E-state index is 13.6. The lowest BCUT2D eigenvalue weighted by Crippen LogP contribution is -2.29. The molecule has 1 amide bonds. The van der Waals surface area contributed by atoms with E-state index in [0.29, 0.717) is 22.6 Å². The van der Waals surface area contributed by atoms with Crippen LogP contribution in [0, 0.1) is 19.7 Å². The second kappa shape index (κ2) is 8.30. The smallest absolute Gasteiger partial charge is 0.300 e. The number of anilines is 1. The largest absolute Gasteiger partial charge is 0.507 e. The Labute approximate surface area is 185 Å². The van der Waals surface area contributed by atoms with Crippen molar-refractivity contribution in [2.75, 3.05) is 12.0 Å². The number of aliphatic hydroxyl groups excluding tert-OH is 1. The highest BCUT2D eigenvalue weighted by Gasteiger charge is 2.47. The third kappa shape index (κ3) is 3.75. The van der Waals surface area contributed by atoms with Crippen molar-refractivity contribution in [1.29, 1.82) is 0 Å². The number of hydrogen-bond donors (Lipinski definition) is 1. The fourth-order valence-electron chi connectivity index (χ4n) is 4.05. The van der Waals surface area contributed by atoms with Gasteiger partial charge in [-0.2, -0.15) is 0 Å². The lowest BCUT2D eigenvalue weighted by Gasteiger charge is -2.26. The molecule has 1 unspecified atom stereocenters. The molecule has 1 aliphatic heterocycles. The van der Waals surface area contributed by atoms with Gasteiger partial charge < -0.3 is 9.84 Å². The Balaban J connectivity index is 1.94. The van der Waals surface area contributed by atoms with Crippen molar-refractivity contribution < 1.29 is 23.8 Å². The Bertz CT molecular complexity index is 1210. The van der Waals surface area contributed by atoms with Gasteiger partial charge in [-0.15, -0.1) is 0 Å². The van der Waals surface area contributed by atoms with Crippen LogP contribution in [0.4, 0.5) is 10.1 Å². The van der Waals surface area contributed by atoms with Crippen molar-refractivity contribution in [1.82, 2.24) is 0 Å². The van der Waals surface area contributed by atoms with Gasteiger partial charge in [0.05, 0.1) is 18.7 Å². The van der Waals surface area contributed by atoms with Crippen LogP contribution in [-0.2, 0) is 9.59 Å². The number of ketones is 1. The first kappa shape index (κ1) is 21.3. The van der Waals surface area contributed by atoms with Gasteiger partial charge in [0.15, 0.2) is 0 Å². The Morgan fingerprint density at radius 1 is 0.938 bits per heavy atom. The summed E-state index contributed by atoms with van der Waals surface area (Å²) in [6.45, 7) is 3.80. The lowest BCUT2D eigenvalue weighted by atomic mass is 9.95. The monoisotopic (exact) mass is 431 g/mol. The van der Waals surface area contributed by atoms with E-state index in [-0.39, 0.29) is 11.3 Å². The molecule has 0 saturated carbocycles. The van der Waals surface area contributed by atoms with Crippen LogP contribution in [0.1, 0.15) is 28.3 Å². The fraction of sp³-hybridized carbons (Fsp3) is 0.154. The number of hydrogen-bond acceptors (Lipinski definition) is 4. The summed E-state index contributed by atoms with van der Waals surface area (Å²) in [5.41, 5.74) is 3.22. The van der Waals surface area contributed by atoms with Crippen molar-refractivity contribution in [3.8, 4) is 5.75 Å². The molecule has 5 nitrogen and oxygen atoms in total. The van der Waals surface area contributed by atoms with E-state index in [9.17, 15) is 19.1 Å². The Morgan fingerprint density at radius 3 is 2.09 bits per heavy atom. The first-order valence-corrected chi connectivity index (χ1v) is 10.1. The number of nitrogens with zero attached hydrogens (tertiary/aromatic N) is 1. The molecule has 1 aliphatic rings. The number of methoxy groups -OCH3 is 1. The molecule has 4 rings (SSSR count). The predicted molar refractivity (Wildman–Crippen MR) is 120 cm³/mol. The van der Waals surface area contributed by atoms with Crippen molar-refractivity contribution >= 4 is 23.1 Å². The number of rotatable bonds is 4. The molecule has 0 spiro atoms. The molecule has 1 N–H and O–H groups in total. The van der Waals surface area contributed by atoms with E-state index in [1.807, 2.05) is 32.0 Å². The van der Waals surface area contributed by atoms with Gasteiger partial charge in [-0.3, -0.25) is 14.5 Å². The molecule has 0 radical (unpaired) electrons. The summed E-state index contributed by atoms with van der Waals surface area (Å²) in [7, 11) is 1.53. The maximum atomic E-state index is 13.6. The van der Waals surface area contributed by atoms with Gasteiger partial charge in [-0.25, -0.2) is 4.39 Å². The van der Waals surface area contributed by atoms with E-state index in [1.165, 1.54) is 36.3 Å². The average molecular weight is 431 g/mol. The molecule has 32 heavy (non-hydrogen) atoms. The molecular formula is C26H22FNO4. The minimum atomic E-state index is -0.904. The lowest BCUT2D eigenvalue weighted by molar-refractivity contribution is -0.132. The van der Waals surface area contributed by atoms with Crippen molar-refractivity contribution in [3.05, 3.63) is 100 Å². The normalized spacial score (nSPS) is 17.6. The quantitative estimate of drug-likeness (QED) is 0.356. The zero-order chi connectivity index (χ0) is 23.0. The number of Topliss-reactive ketones (excluding diaryl/α,β-unsaturated/α-hetero) is 1. The summed E-state index contributed by atoms with van der Waals surface area (Å²) in [5, 5.41) is 11.1. The van der Waals surface area contributed by atoms with E-state index in [4.69, 9.17) is 4.74 Å². The number of halogens is 1. The van der Waals surface area contributed by atoms with Gasteiger partial charge in [0, 0.05) is 11.3 Å². The van der Waals surface area contributed by atoms with Crippen molar-refractivity contribution in [2.45, 2.75) is 19.9 Å². The Hall–Kier alpha value is -3.93. The van der Waals surface area contributed by atoms with Crippen LogP contribution >= 0.6 is 0 Å². The second-order valence-corrected chi connectivity index (χ2v) is 7.80. The predicted octanol–water partition coefficient (Wildman–Crippen LogP) is 5.08. The fourth-order valence-corrected chi connectivity index (χ4v) is 4.05. The van der Waals surface area contributed by atoms with Crippen LogP contribution in [0.3, 0.4) is 0 Å². The Kier molecular flexibility index (Phi) is 5.53. The van der Waals surface area contributed by atoms with Gasteiger partial charge in [0.2, 0.25) is 0 Å². The van der Waals surface area contributed by atoms with Crippen molar-refractivity contribution in [2.24, 2.45) is 0 Å². The van der Waals surface area contributed by atoms with Crippen LogP contribution in [0.25, 0.3) is 5.76 Å². The number of aryl methyl sites for hydroxylation is 2. The minimum absolute atomic E-state index is 0.0501. The van der Waals surface area contributed by atoms with Gasteiger partial charge >= 0.3 is 0 Å². The Morgan fingerprint density at radius 2 is 1.53 bits per heavy atom. The van der Waals surface area contributed by atoms with Crippen LogP contribution < -0.4 is 9.64 Å². The number of carbonyl (C=O) groups excluding carboxylic acids is 2. The molecule has 1 saturated heterocycles. The molecule has 6 heteroatoms. The number of aliphatic hydroxyl groups is 1. The van der Waals surface area contributed by atoms with E-state index in [1.54, 1.807) is 24.3 Å². The van der Waals surface area contributed by atoms with Crippen LogP contribution in [0.15, 0.2) is 72.3 Å². The highest BCUT2D eigenvalue weighted by Crippen LogP contribution is 2.42. The van der Waals surface area contributed by atoms with Gasteiger partial charge in [-0.1, -0.05) is 18.2 Å².